The Labute approximate surface area is 196 Å². The van der Waals surface area contributed by atoms with Crippen LogP contribution in [-0.4, -0.2) is 30.6 Å². The molecule has 7 heteroatoms. The van der Waals surface area contributed by atoms with Crippen molar-refractivity contribution in [3.63, 3.8) is 0 Å². The fraction of sp³-hybridized carbons (Fsp3) is 0.269. The number of hydrogen-bond acceptors (Lipinski definition) is 2. The third-order valence-electron chi connectivity index (χ3n) is 6.75. The number of rotatable bonds is 3. The number of amides is 2. The van der Waals surface area contributed by atoms with Crippen molar-refractivity contribution in [2.24, 2.45) is 0 Å². The van der Waals surface area contributed by atoms with Gasteiger partial charge in [-0.25, -0.2) is 13.6 Å². The normalized spacial score (nSPS) is 17.2. The predicted molar refractivity (Wildman–Crippen MR) is 127 cm³/mol. The topological polar surface area (TPSA) is 35.6 Å². The Balaban J connectivity index is 1.33. The summed E-state index contributed by atoms with van der Waals surface area (Å²) in [6, 6.07) is 18.0. The first kappa shape index (κ1) is 21.9. The van der Waals surface area contributed by atoms with E-state index in [2.05, 4.69) is 10.2 Å². The molecule has 3 aromatic carbocycles. The number of fused-ring (bicyclic) bond motifs is 2. The molecule has 33 heavy (non-hydrogen) atoms. The Morgan fingerprint density at radius 1 is 0.939 bits per heavy atom. The van der Waals surface area contributed by atoms with Crippen molar-refractivity contribution in [2.45, 2.75) is 24.8 Å². The van der Waals surface area contributed by atoms with Crippen molar-refractivity contribution >= 4 is 29.0 Å². The van der Waals surface area contributed by atoms with Crippen molar-refractivity contribution in [1.29, 1.82) is 0 Å². The summed E-state index contributed by atoms with van der Waals surface area (Å²) in [5.41, 5.74) is 3.09. The lowest BCUT2D eigenvalue weighted by atomic mass is 9.74. The molecule has 1 fully saturated rings. The van der Waals surface area contributed by atoms with E-state index in [0.717, 1.165) is 49.3 Å². The van der Waals surface area contributed by atoms with Gasteiger partial charge in [-0.05, 0) is 91.7 Å². The average Bonchev–Trinajstić information content (AvgIpc) is 3.12. The number of urea groups is 1. The highest BCUT2D eigenvalue weighted by atomic mass is 35.5. The first-order valence-corrected chi connectivity index (χ1v) is 11.4. The van der Waals surface area contributed by atoms with Gasteiger partial charge in [-0.2, -0.15) is 0 Å². The van der Waals surface area contributed by atoms with E-state index in [4.69, 9.17) is 11.6 Å². The summed E-state index contributed by atoms with van der Waals surface area (Å²) in [7, 11) is 0. The Kier molecular flexibility index (Phi) is 5.81. The van der Waals surface area contributed by atoms with Crippen LogP contribution in [0.25, 0.3) is 0 Å². The van der Waals surface area contributed by atoms with E-state index in [-0.39, 0.29) is 23.1 Å². The van der Waals surface area contributed by atoms with Crippen LogP contribution >= 0.6 is 11.6 Å². The minimum absolute atomic E-state index is 0.238. The molecule has 1 spiro atoms. The van der Waals surface area contributed by atoms with Crippen LogP contribution in [0, 0.1) is 11.6 Å². The molecule has 1 saturated heterocycles. The number of anilines is 2. The Morgan fingerprint density at radius 2 is 1.61 bits per heavy atom. The second kappa shape index (κ2) is 8.76. The smallest absolute Gasteiger partial charge is 0.308 e. The van der Waals surface area contributed by atoms with Gasteiger partial charge in [-0.15, -0.1) is 0 Å². The second-order valence-electron chi connectivity index (χ2n) is 8.87. The van der Waals surface area contributed by atoms with Gasteiger partial charge in [-0.1, -0.05) is 23.7 Å². The zero-order valence-corrected chi connectivity index (χ0v) is 18.8. The minimum atomic E-state index is -0.290. The van der Waals surface area contributed by atoms with Crippen LogP contribution < -0.4 is 10.2 Å². The van der Waals surface area contributed by atoms with Gasteiger partial charge in [0.05, 0.1) is 0 Å². The predicted octanol–water partition coefficient (Wildman–Crippen LogP) is 6.20. The standard InChI is InChI=1S/C26H24ClF2N3O/c27-19-3-8-22(9-4-19)30-25(33)32-17-26(23-15-21(29)7-10-24(23)32)11-13-31(14-12-26)16-18-1-5-20(28)6-2-18/h1-10,15H,11-14,16-17H2,(H,30,33). The summed E-state index contributed by atoms with van der Waals surface area (Å²) in [5, 5.41) is 3.53. The number of benzene rings is 3. The van der Waals surface area contributed by atoms with Crippen LogP contribution in [0.4, 0.5) is 25.0 Å². The molecule has 4 nitrogen and oxygen atoms in total. The molecule has 2 aliphatic rings. The lowest BCUT2D eigenvalue weighted by Gasteiger charge is -2.40. The van der Waals surface area contributed by atoms with Crippen LogP contribution in [0.1, 0.15) is 24.0 Å². The van der Waals surface area contributed by atoms with E-state index in [1.165, 1.54) is 18.2 Å². The lowest BCUT2D eigenvalue weighted by molar-refractivity contribution is 0.160. The Morgan fingerprint density at radius 3 is 2.30 bits per heavy atom. The molecule has 0 aromatic heterocycles. The molecule has 0 unspecified atom stereocenters. The third kappa shape index (κ3) is 4.45. The van der Waals surface area contributed by atoms with E-state index in [1.807, 2.05) is 12.1 Å². The van der Waals surface area contributed by atoms with Crippen LogP contribution in [0.3, 0.4) is 0 Å². The van der Waals surface area contributed by atoms with Crippen molar-refractivity contribution in [1.82, 2.24) is 4.90 Å². The molecular formula is C26H24ClF2N3O. The highest BCUT2D eigenvalue weighted by Crippen LogP contribution is 2.47. The summed E-state index contributed by atoms with van der Waals surface area (Å²) >= 11 is 5.94. The summed E-state index contributed by atoms with van der Waals surface area (Å²) < 4.78 is 27.4. The fourth-order valence-electron chi connectivity index (χ4n) is 4.96. The number of halogens is 3. The fourth-order valence-corrected chi connectivity index (χ4v) is 5.09. The van der Waals surface area contributed by atoms with E-state index in [1.54, 1.807) is 41.3 Å². The molecule has 170 valence electrons. The molecule has 0 atom stereocenters. The number of likely N-dealkylation sites (tertiary alicyclic amines) is 1. The van der Waals surface area contributed by atoms with Crippen molar-refractivity contribution in [3.8, 4) is 0 Å². The Bertz CT molecular complexity index is 1160. The monoisotopic (exact) mass is 467 g/mol. The molecule has 5 rings (SSSR count). The lowest BCUT2D eigenvalue weighted by Crippen LogP contribution is -2.46. The number of nitrogens with zero attached hydrogens (tertiary/aromatic N) is 2. The molecule has 0 saturated carbocycles. The van der Waals surface area contributed by atoms with Gasteiger partial charge in [0.1, 0.15) is 11.6 Å². The molecular weight excluding hydrogens is 444 g/mol. The minimum Gasteiger partial charge on any atom is -0.308 e. The molecule has 0 radical (unpaired) electrons. The molecule has 1 N–H and O–H groups in total. The molecule has 2 heterocycles. The van der Waals surface area contributed by atoms with Gasteiger partial charge >= 0.3 is 6.03 Å². The highest BCUT2D eigenvalue weighted by molar-refractivity contribution is 6.30. The number of carbonyl (C=O) groups excluding carboxylic acids is 1. The van der Waals surface area contributed by atoms with Crippen molar-refractivity contribution < 1.29 is 13.6 Å². The molecule has 2 amide bonds. The largest absolute Gasteiger partial charge is 0.326 e. The van der Waals surface area contributed by atoms with Crippen molar-refractivity contribution in [2.75, 3.05) is 29.9 Å². The molecule has 3 aromatic rings. The van der Waals surface area contributed by atoms with E-state index in [0.29, 0.717) is 17.3 Å². The summed E-state index contributed by atoms with van der Waals surface area (Å²) in [4.78, 5) is 17.2. The molecule has 2 aliphatic heterocycles. The second-order valence-corrected chi connectivity index (χ2v) is 9.30. The van der Waals surface area contributed by atoms with Crippen LogP contribution in [0.5, 0.6) is 0 Å². The average molecular weight is 468 g/mol. The summed E-state index contributed by atoms with van der Waals surface area (Å²) in [5.74, 6) is -0.528. The highest BCUT2D eigenvalue weighted by Gasteiger charge is 2.46. The zero-order chi connectivity index (χ0) is 23.0. The molecule has 0 aliphatic carbocycles. The van der Waals surface area contributed by atoms with Crippen LogP contribution in [0.2, 0.25) is 5.02 Å². The van der Waals surface area contributed by atoms with Gasteiger partial charge in [-0.3, -0.25) is 9.80 Å². The van der Waals surface area contributed by atoms with Gasteiger partial charge < -0.3 is 5.32 Å². The maximum Gasteiger partial charge on any atom is 0.326 e. The number of nitrogens with one attached hydrogen (secondary N) is 1. The maximum absolute atomic E-state index is 14.2. The van der Waals surface area contributed by atoms with E-state index < -0.39 is 0 Å². The molecule has 0 bridgehead atoms. The number of carbonyl (C=O) groups is 1. The first-order valence-electron chi connectivity index (χ1n) is 11.0. The van der Waals surface area contributed by atoms with Crippen molar-refractivity contribution in [3.05, 3.63) is 94.5 Å². The quantitative estimate of drug-likeness (QED) is 0.497. The summed E-state index contributed by atoms with van der Waals surface area (Å²) in [6.45, 7) is 2.89. The third-order valence-corrected chi connectivity index (χ3v) is 7.01. The van der Waals surface area contributed by atoms with E-state index >= 15 is 0 Å². The van der Waals surface area contributed by atoms with Gasteiger partial charge in [0, 0.05) is 34.9 Å². The van der Waals surface area contributed by atoms with Gasteiger partial charge in [0.2, 0.25) is 0 Å². The van der Waals surface area contributed by atoms with Gasteiger partial charge in [0.25, 0.3) is 0 Å². The Hall–Kier alpha value is -2.96. The summed E-state index contributed by atoms with van der Waals surface area (Å²) in [6.07, 6.45) is 1.63. The number of piperidine rings is 1. The SMILES string of the molecule is O=C(Nc1ccc(Cl)cc1)N1CC2(CCN(Cc3ccc(F)cc3)CC2)c2cc(F)ccc21. The zero-order valence-electron chi connectivity index (χ0n) is 18.0. The van der Waals surface area contributed by atoms with Gasteiger partial charge in [0.15, 0.2) is 0 Å². The first-order chi connectivity index (χ1) is 15.9. The maximum atomic E-state index is 14.2. The number of hydrogen-bond donors (Lipinski definition) is 1. The van der Waals surface area contributed by atoms with Crippen LogP contribution in [-0.2, 0) is 12.0 Å². The van der Waals surface area contributed by atoms with E-state index in [9.17, 15) is 13.6 Å². The van der Waals surface area contributed by atoms with Crippen LogP contribution in [0.15, 0.2) is 66.7 Å².